The van der Waals surface area contributed by atoms with E-state index in [0.29, 0.717) is 12.2 Å². The number of nitrogens with two attached hydrogens (primary N) is 1. The van der Waals surface area contributed by atoms with Crippen LogP contribution in [0.3, 0.4) is 0 Å². The first kappa shape index (κ1) is 9.92. The fourth-order valence-electron chi connectivity index (χ4n) is 0.938. The van der Waals surface area contributed by atoms with Crippen molar-refractivity contribution >= 4 is 0 Å². The minimum absolute atomic E-state index is 0.341. The first-order valence-electron chi connectivity index (χ1n) is 4.02. The normalized spacial score (nSPS) is 14.1. The summed E-state index contributed by atoms with van der Waals surface area (Å²) in [7, 11) is 0. The minimum Gasteiger partial charge on any atom is -0.376 e. The van der Waals surface area contributed by atoms with Crippen molar-refractivity contribution in [3.8, 4) is 0 Å². The van der Waals surface area contributed by atoms with Crippen molar-refractivity contribution in [3.63, 3.8) is 0 Å². The molecule has 2 nitrogen and oxygen atoms in total. The molecule has 1 atom stereocenters. The molecule has 1 unspecified atom stereocenters. The van der Waals surface area contributed by atoms with Crippen molar-refractivity contribution in [3.05, 3.63) is 0 Å². The van der Waals surface area contributed by atoms with E-state index >= 15 is 0 Å². The summed E-state index contributed by atoms with van der Waals surface area (Å²) in [6.45, 7) is 6.97. The molecule has 0 amide bonds. The highest BCUT2D eigenvalue weighted by Gasteiger charge is 2.02. The second-order valence-electron chi connectivity index (χ2n) is 2.93. The predicted octanol–water partition coefficient (Wildman–Crippen LogP) is 1.54. The molecule has 2 heteroatoms. The third-order valence-electron chi connectivity index (χ3n) is 1.32. The Kier molecular flexibility index (Phi) is 5.64. The Hall–Kier alpha value is -0.0800. The van der Waals surface area contributed by atoms with E-state index in [9.17, 15) is 0 Å². The maximum absolute atomic E-state index is 5.50. The molecule has 0 fully saturated rings. The Bertz CT molecular complexity index is 73.7. The van der Waals surface area contributed by atoms with Gasteiger partial charge in [0.1, 0.15) is 0 Å². The highest BCUT2D eigenvalue weighted by atomic mass is 16.5. The molecule has 0 aliphatic heterocycles. The quantitative estimate of drug-likeness (QED) is 0.637. The molecule has 62 valence electrons. The van der Waals surface area contributed by atoms with Gasteiger partial charge in [-0.1, -0.05) is 0 Å². The summed E-state index contributed by atoms with van der Waals surface area (Å²) in [5.41, 5.74) is 5.35. The molecule has 10 heavy (non-hydrogen) atoms. The topological polar surface area (TPSA) is 35.2 Å². The zero-order valence-electron chi connectivity index (χ0n) is 7.26. The molecule has 0 aromatic carbocycles. The first-order valence-corrected chi connectivity index (χ1v) is 4.02. The van der Waals surface area contributed by atoms with E-state index in [4.69, 9.17) is 10.5 Å². The molecule has 0 rings (SSSR count). The third-order valence-corrected chi connectivity index (χ3v) is 1.32. The minimum atomic E-state index is 0.341. The van der Waals surface area contributed by atoms with E-state index in [1.807, 2.05) is 0 Å². The smallest absolute Gasteiger partial charge is 0.0551 e. The van der Waals surface area contributed by atoms with Gasteiger partial charge in [0.25, 0.3) is 0 Å². The maximum Gasteiger partial charge on any atom is 0.0551 e. The van der Waals surface area contributed by atoms with Gasteiger partial charge in [-0.15, -0.1) is 0 Å². The standard InChI is InChI=1S/C8H19NO/c1-7(2)10-8(3)5-4-6-9/h7-8H,4-6,9H2,1-3H3. The molecule has 0 aromatic rings. The Labute approximate surface area is 63.7 Å². The van der Waals surface area contributed by atoms with Gasteiger partial charge in [0, 0.05) is 0 Å². The van der Waals surface area contributed by atoms with E-state index in [2.05, 4.69) is 20.8 Å². The van der Waals surface area contributed by atoms with Crippen molar-refractivity contribution in [2.45, 2.75) is 45.8 Å². The van der Waals surface area contributed by atoms with Crippen molar-refractivity contribution in [1.82, 2.24) is 0 Å². The molecular weight excluding hydrogens is 126 g/mol. The van der Waals surface area contributed by atoms with Crippen LogP contribution in [0.2, 0.25) is 0 Å². The molecule has 0 aliphatic rings. The molecule has 0 saturated heterocycles. The molecule has 0 radical (unpaired) electrons. The first-order chi connectivity index (χ1) is 4.66. The molecule has 0 aromatic heterocycles. The molecular formula is C8H19NO. The van der Waals surface area contributed by atoms with E-state index in [1.54, 1.807) is 0 Å². The van der Waals surface area contributed by atoms with Crippen LogP contribution in [0.15, 0.2) is 0 Å². The lowest BCUT2D eigenvalue weighted by atomic mass is 10.2. The van der Waals surface area contributed by atoms with E-state index in [1.165, 1.54) is 0 Å². The Morgan fingerprint density at radius 2 is 1.90 bits per heavy atom. The maximum atomic E-state index is 5.50. The highest BCUT2D eigenvalue weighted by Crippen LogP contribution is 2.03. The summed E-state index contributed by atoms with van der Waals surface area (Å²) in [4.78, 5) is 0. The van der Waals surface area contributed by atoms with Crippen LogP contribution in [0, 0.1) is 0 Å². The molecule has 0 spiro atoms. The number of hydrogen-bond donors (Lipinski definition) is 1. The molecule has 0 bridgehead atoms. The number of ether oxygens (including phenoxy) is 1. The second-order valence-corrected chi connectivity index (χ2v) is 2.93. The molecule has 0 saturated carbocycles. The monoisotopic (exact) mass is 145 g/mol. The van der Waals surface area contributed by atoms with Gasteiger partial charge in [-0.3, -0.25) is 0 Å². The van der Waals surface area contributed by atoms with Gasteiger partial charge in [0.2, 0.25) is 0 Å². The highest BCUT2D eigenvalue weighted by molar-refractivity contribution is 4.52. The third kappa shape index (κ3) is 6.05. The number of rotatable bonds is 5. The van der Waals surface area contributed by atoms with Crippen LogP contribution < -0.4 is 5.73 Å². The Morgan fingerprint density at radius 3 is 2.30 bits per heavy atom. The number of hydrogen-bond acceptors (Lipinski definition) is 2. The van der Waals surface area contributed by atoms with Crippen LogP contribution in [-0.4, -0.2) is 18.8 Å². The van der Waals surface area contributed by atoms with Crippen LogP contribution in [0.5, 0.6) is 0 Å². The lowest BCUT2D eigenvalue weighted by Crippen LogP contribution is -2.15. The average molecular weight is 145 g/mol. The fraction of sp³-hybridized carbons (Fsp3) is 1.00. The largest absolute Gasteiger partial charge is 0.376 e. The molecule has 0 heterocycles. The second kappa shape index (κ2) is 5.69. The summed E-state index contributed by atoms with van der Waals surface area (Å²) in [5, 5.41) is 0. The summed E-state index contributed by atoms with van der Waals surface area (Å²) < 4.78 is 5.50. The lowest BCUT2D eigenvalue weighted by molar-refractivity contribution is 0.0138. The van der Waals surface area contributed by atoms with Crippen molar-refractivity contribution in [2.75, 3.05) is 6.54 Å². The summed E-state index contributed by atoms with van der Waals surface area (Å²) in [6.07, 6.45) is 2.85. The molecule has 2 N–H and O–H groups in total. The van der Waals surface area contributed by atoms with Crippen LogP contribution in [0.4, 0.5) is 0 Å². The van der Waals surface area contributed by atoms with Crippen molar-refractivity contribution in [2.24, 2.45) is 5.73 Å². The molecule has 0 aliphatic carbocycles. The van der Waals surface area contributed by atoms with Crippen molar-refractivity contribution in [1.29, 1.82) is 0 Å². The van der Waals surface area contributed by atoms with E-state index in [0.717, 1.165) is 19.4 Å². The van der Waals surface area contributed by atoms with Gasteiger partial charge < -0.3 is 10.5 Å². The average Bonchev–Trinajstić information content (AvgIpc) is 1.82. The van der Waals surface area contributed by atoms with Crippen LogP contribution in [0.25, 0.3) is 0 Å². The van der Waals surface area contributed by atoms with Gasteiger partial charge in [-0.25, -0.2) is 0 Å². The Balaban J connectivity index is 3.16. The Morgan fingerprint density at radius 1 is 1.30 bits per heavy atom. The van der Waals surface area contributed by atoms with Gasteiger partial charge in [-0.2, -0.15) is 0 Å². The van der Waals surface area contributed by atoms with Crippen LogP contribution in [-0.2, 0) is 4.74 Å². The summed E-state index contributed by atoms with van der Waals surface area (Å²) in [5.74, 6) is 0. The SMILES string of the molecule is CC(C)OC(C)CCCN. The van der Waals surface area contributed by atoms with Crippen molar-refractivity contribution < 1.29 is 4.74 Å². The van der Waals surface area contributed by atoms with E-state index in [-0.39, 0.29) is 0 Å². The van der Waals surface area contributed by atoms with Gasteiger partial charge in [0.05, 0.1) is 12.2 Å². The van der Waals surface area contributed by atoms with Gasteiger partial charge in [0.15, 0.2) is 0 Å². The lowest BCUT2D eigenvalue weighted by Gasteiger charge is -2.14. The van der Waals surface area contributed by atoms with Gasteiger partial charge in [-0.05, 0) is 40.2 Å². The summed E-state index contributed by atoms with van der Waals surface area (Å²) >= 11 is 0. The van der Waals surface area contributed by atoms with Gasteiger partial charge >= 0.3 is 0 Å². The fourth-order valence-corrected chi connectivity index (χ4v) is 0.938. The zero-order chi connectivity index (χ0) is 7.98. The predicted molar refractivity (Wildman–Crippen MR) is 44.0 cm³/mol. The summed E-state index contributed by atoms with van der Waals surface area (Å²) in [6, 6.07) is 0. The van der Waals surface area contributed by atoms with E-state index < -0.39 is 0 Å². The van der Waals surface area contributed by atoms with Crippen LogP contribution >= 0.6 is 0 Å². The van der Waals surface area contributed by atoms with Crippen LogP contribution in [0.1, 0.15) is 33.6 Å². The zero-order valence-corrected chi connectivity index (χ0v) is 7.26.